The largest absolute Gasteiger partial charge is 0.358 e. The summed E-state index contributed by atoms with van der Waals surface area (Å²) in [5, 5.41) is 3.33. The minimum Gasteiger partial charge on any atom is -0.358 e. The van der Waals surface area contributed by atoms with E-state index >= 15 is 0 Å². The van der Waals surface area contributed by atoms with Gasteiger partial charge in [0.25, 0.3) is 0 Å². The summed E-state index contributed by atoms with van der Waals surface area (Å²) < 4.78 is 0. The Balaban J connectivity index is 2.78. The smallest absolute Gasteiger partial charge is 0.0377 e. The molecule has 0 atom stereocenters. The van der Waals surface area contributed by atoms with Crippen molar-refractivity contribution in [3.63, 3.8) is 0 Å². The van der Waals surface area contributed by atoms with Gasteiger partial charge in [0, 0.05) is 11.9 Å². The van der Waals surface area contributed by atoms with Crippen molar-refractivity contribution < 1.29 is 0 Å². The summed E-state index contributed by atoms with van der Waals surface area (Å²) in [4.78, 5) is 0. The first kappa shape index (κ1) is 9.76. The monoisotopic (exact) mass is 199 g/mol. The molecule has 3 heteroatoms. The first-order valence-electron chi connectivity index (χ1n) is 3.87. The lowest BCUT2D eigenvalue weighted by molar-refractivity contribution is 1.47. The third-order valence-electron chi connectivity index (χ3n) is 1.45. The van der Waals surface area contributed by atoms with Crippen molar-refractivity contribution in [1.82, 2.24) is 0 Å². The van der Waals surface area contributed by atoms with Crippen molar-refractivity contribution in [2.24, 2.45) is 0 Å². The number of hydrogen-bond acceptors (Lipinski definition) is 1. The van der Waals surface area contributed by atoms with Gasteiger partial charge in [-0.1, -0.05) is 29.5 Å². The fourth-order valence-corrected chi connectivity index (χ4v) is 2.03. The Hall–Kier alpha value is -0.330. The maximum atomic E-state index is 5.30. The van der Waals surface area contributed by atoms with Gasteiger partial charge in [-0.15, -0.1) is 0 Å². The maximum Gasteiger partial charge on any atom is 0.0377 e. The number of benzene rings is 1. The van der Waals surface area contributed by atoms with E-state index in [0.717, 1.165) is 5.69 Å². The molecule has 0 amide bonds. The molecule has 1 rings (SSSR count). The summed E-state index contributed by atoms with van der Waals surface area (Å²) in [6.07, 6.45) is -1.32. The molecule has 0 fully saturated rings. The molecule has 0 aromatic heterocycles. The highest BCUT2D eigenvalue weighted by Crippen LogP contribution is 2.36. The summed E-state index contributed by atoms with van der Waals surface area (Å²) in [7, 11) is 0. The molecule has 0 bridgehead atoms. The average Bonchev–Trinajstić information content (AvgIpc) is 1.91. The van der Waals surface area contributed by atoms with Crippen LogP contribution in [0.4, 0.5) is 5.69 Å². The van der Waals surface area contributed by atoms with E-state index < -0.39 is 6.19 Å². The van der Waals surface area contributed by atoms with E-state index in [-0.39, 0.29) is 0 Å². The van der Waals surface area contributed by atoms with E-state index in [2.05, 4.69) is 49.6 Å². The zero-order valence-corrected chi connectivity index (χ0v) is 9.38. The lowest BCUT2D eigenvalue weighted by Crippen LogP contribution is -1.92. The van der Waals surface area contributed by atoms with Gasteiger partial charge < -0.3 is 5.09 Å². The Morgan fingerprint density at radius 1 is 1.17 bits per heavy atom. The average molecular weight is 199 g/mol. The maximum absolute atomic E-state index is 5.30. The predicted molar refractivity (Wildman–Crippen MR) is 60.9 cm³/mol. The number of anilines is 1. The van der Waals surface area contributed by atoms with Crippen LogP contribution in [0.25, 0.3) is 0 Å². The summed E-state index contributed by atoms with van der Waals surface area (Å²) in [6.45, 7) is 6.25. The first-order chi connectivity index (χ1) is 5.47. The third-order valence-corrected chi connectivity index (χ3v) is 2.52. The second kappa shape index (κ2) is 3.59. The molecule has 0 aliphatic rings. The Morgan fingerprint density at radius 2 is 1.67 bits per heavy atom. The van der Waals surface area contributed by atoms with Crippen molar-refractivity contribution in [2.45, 2.75) is 6.92 Å². The van der Waals surface area contributed by atoms with Crippen molar-refractivity contribution in [3.05, 3.63) is 29.8 Å². The second-order valence-electron chi connectivity index (χ2n) is 3.33. The molecule has 0 radical (unpaired) electrons. The van der Waals surface area contributed by atoms with Crippen LogP contribution in [0.2, 0.25) is 0 Å². The van der Waals surface area contributed by atoms with Gasteiger partial charge >= 0.3 is 0 Å². The van der Waals surface area contributed by atoms with Gasteiger partial charge in [0.05, 0.1) is 0 Å². The molecule has 0 aliphatic heterocycles. The molecule has 0 unspecified atom stereocenters. The molecule has 1 aromatic carbocycles. The number of rotatable bonds is 2. The SMILES string of the molecule is Cc1ccc(NP(C)(C)=S)cc1. The van der Waals surface area contributed by atoms with Gasteiger partial charge in [-0.2, -0.15) is 0 Å². The first-order valence-corrected chi connectivity index (χ1v) is 7.57. The van der Waals surface area contributed by atoms with Crippen LogP contribution in [0.3, 0.4) is 0 Å². The van der Waals surface area contributed by atoms with Crippen LogP contribution in [0.15, 0.2) is 24.3 Å². The summed E-state index contributed by atoms with van der Waals surface area (Å²) in [5.74, 6) is 0. The molecule has 0 aliphatic carbocycles. The molecule has 1 aromatic rings. The molecular formula is C9H14NPS. The van der Waals surface area contributed by atoms with E-state index in [1.54, 1.807) is 0 Å². The Labute approximate surface area is 79.3 Å². The zero-order chi connectivity index (χ0) is 9.19. The lowest BCUT2D eigenvalue weighted by Gasteiger charge is -2.14. The second-order valence-corrected chi connectivity index (χ2v) is 8.99. The summed E-state index contributed by atoms with van der Waals surface area (Å²) >= 11 is 5.30. The Bertz CT molecular complexity index is 299. The van der Waals surface area contributed by atoms with Crippen LogP contribution >= 0.6 is 6.19 Å². The third kappa shape index (κ3) is 3.38. The number of hydrogen-bond donors (Lipinski definition) is 1. The highest BCUT2D eigenvalue weighted by Gasteiger charge is 2.00. The predicted octanol–water partition coefficient (Wildman–Crippen LogP) is 3.06. The van der Waals surface area contributed by atoms with Crippen LogP contribution in [0.1, 0.15) is 5.56 Å². The lowest BCUT2D eigenvalue weighted by atomic mass is 10.2. The molecular weight excluding hydrogens is 185 g/mol. The molecule has 0 saturated heterocycles. The van der Waals surface area contributed by atoms with Gasteiger partial charge in [0.15, 0.2) is 0 Å². The van der Waals surface area contributed by atoms with Crippen LogP contribution in [0.5, 0.6) is 0 Å². The van der Waals surface area contributed by atoms with Crippen molar-refractivity contribution in [2.75, 3.05) is 18.4 Å². The molecule has 1 nitrogen and oxygen atoms in total. The van der Waals surface area contributed by atoms with Crippen LogP contribution in [-0.4, -0.2) is 13.3 Å². The zero-order valence-electron chi connectivity index (χ0n) is 7.66. The van der Waals surface area contributed by atoms with Crippen LogP contribution < -0.4 is 5.09 Å². The standard InChI is InChI=1S/C9H14NPS/c1-8-4-6-9(7-5-8)10-11(2,3)12/h4-7H,1-3H3,(H,10,12). The molecule has 1 N–H and O–H groups in total. The van der Waals surface area contributed by atoms with Gasteiger partial charge in [-0.25, -0.2) is 0 Å². The Morgan fingerprint density at radius 3 is 2.08 bits per heavy atom. The van der Waals surface area contributed by atoms with Gasteiger partial charge in [-0.05, 0) is 32.4 Å². The highest BCUT2D eigenvalue weighted by molar-refractivity contribution is 8.14. The van der Waals surface area contributed by atoms with Gasteiger partial charge in [0.1, 0.15) is 0 Å². The van der Waals surface area contributed by atoms with E-state index in [0.29, 0.717) is 0 Å². The topological polar surface area (TPSA) is 12.0 Å². The minimum atomic E-state index is -1.32. The minimum absolute atomic E-state index is 1.13. The summed E-state index contributed by atoms with van der Waals surface area (Å²) in [6, 6.07) is 8.33. The van der Waals surface area contributed by atoms with E-state index in [1.807, 2.05) is 0 Å². The quantitative estimate of drug-likeness (QED) is 0.735. The van der Waals surface area contributed by atoms with Crippen LogP contribution in [0, 0.1) is 6.92 Å². The molecule has 0 saturated carbocycles. The van der Waals surface area contributed by atoms with Crippen molar-refractivity contribution in [3.8, 4) is 0 Å². The van der Waals surface area contributed by atoms with E-state index in [9.17, 15) is 0 Å². The van der Waals surface area contributed by atoms with Gasteiger partial charge in [0.2, 0.25) is 0 Å². The molecule has 0 spiro atoms. The normalized spacial score (nSPS) is 11.2. The van der Waals surface area contributed by atoms with Gasteiger partial charge in [-0.3, -0.25) is 0 Å². The summed E-state index contributed by atoms with van der Waals surface area (Å²) in [5.41, 5.74) is 2.41. The number of aryl methyl sites for hydroxylation is 1. The molecule has 0 heterocycles. The highest BCUT2D eigenvalue weighted by atomic mass is 32.4. The molecule has 12 heavy (non-hydrogen) atoms. The fourth-order valence-electron chi connectivity index (χ4n) is 0.939. The number of nitrogens with one attached hydrogen (secondary N) is 1. The Kier molecular flexibility index (Phi) is 2.92. The molecule has 66 valence electrons. The van der Waals surface area contributed by atoms with Crippen molar-refractivity contribution >= 4 is 23.7 Å². The van der Waals surface area contributed by atoms with E-state index in [1.165, 1.54) is 5.56 Å². The van der Waals surface area contributed by atoms with E-state index in [4.69, 9.17) is 11.8 Å². The fraction of sp³-hybridized carbons (Fsp3) is 0.333. The van der Waals surface area contributed by atoms with Crippen molar-refractivity contribution in [1.29, 1.82) is 0 Å². The van der Waals surface area contributed by atoms with Crippen LogP contribution in [-0.2, 0) is 11.8 Å².